The number of ketones is 1. The zero-order chi connectivity index (χ0) is 12.8. The quantitative estimate of drug-likeness (QED) is 0.897. The zero-order valence-electron chi connectivity index (χ0n) is 9.70. The fraction of sp³-hybridized carbons (Fsp3) is 0.333. The van der Waals surface area contributed by atoms with Crippen molar-refractivity contribution in [3.63, 3.8) is 0 Å². The molecule has 1 aromatic carbocycles. The Balaban J connectivity index is 2.60. The molecule has 0 aliphatic heterocycles. The Bertz CT molecular complexity index is 420. The number of amides is 1. The lowest BCUT2D eigenvalue weighted by atomic mass is 10.0. The van der Waals surface area contributed by atoms with Crippen LogP contribution in [0.25, 0.3) is 0 Å². The normalized spacial score (nSPS) is 11.7. The fourth-order valence-corrected chi connectivity index (χ4v) is 1.50. The molecule has 0 radical (unpaired) electrons. The summed E-state index contributed by atoms with van der Waals surface area (Å²) < 4.78 is 4.42. The molecule has 4 nitrogen and oxygen atoms in total. The SMILES string of the molecule is COC(=O)NC(C)C(=O)Cc1ccccc1Cl. The van der Waals surface area contributed by atoms with E-state index in [1.807, 2.05) is 6.07 Å². The molecule has 92 valence electrons. The van der Waals surface area contributed by atoms with Crippen molar-refractivity contribution in [2.45, 2.75) is 19.4 Å². The van der Waals surface area contributed by atoms with E-state index < -0.39 is 12.1 Å². The van der Waals surface area contributed by atoms with Gasteiger partial charge in [-0.15, -0.1) is 0 Å². The number of methoxy groups -OCH3 is 1. The van der Waals surface area contributed by atoms with E-state index in [0.29, 0.717) is 5.02 Å². The lowest BCUT2D eigenvalue weighted by molar-refractivity contribution is -0.119. The lowest BCUT2D eigenvalue weighted by Crippen LogP contribution is -2.39. The summed E-state index contributed by atoms with van der Waals surface area (Å²) in [5, 5.41) is 2.96. The lowest BCUT2D eigenvalue weighted by Gasteiger charge is -2.12. The second kappa shape index (κ2) is 6.25. The molecular formula is C12H14ClNO3. The van der Waals surface area contributed by atoms with Gasteiger partial charge in [-0.25, -0.2) is 4.79 Å². The molecule has 0 spiro atoms. The number of benzene rings is 1. The Kier molecular flexibility index (Phi) is 4.97. The third kappa shape index (κ3) is 4.07. The first-order chi connectivity index (χ1) is 8.04. The highest BCUT2D eigenvalue weighted by atomic mass is 35.5. The predicted molar refractivity (Wildman–Crippen MR) is 65.2 cm³/mol. The third-order valence-electron chi connectivity index (χ3n) is 2.33. The minimum Gasteiger partial charge on any atom is -0.453 e. The van der Waals surface area contributed by atoms with E-state index in [4.69, 9.17) is 11.6 Å². The second-order valence-corrected chi connectivity index (χ2v) is 4.00. The number of Topliss-reactive ketones (excluding diaryl/α,β-unsaturated/α-hetero) is 1. The van der Waals surface area contributed by atoms with Crippen molar-refractivity contribution in [2.75, 3.05) is 7.11 Å². The molecule has 0 aromatic heterocycles. The van der Waals surface area contributed by atoms with E-state index in [0.717, 1.165) is 5.56 Å². The van der Waals surface area contributed by atoms with Crippen molar-refractivity contribution in [3.05, 3.63) is 34.9 Å². The number of ether oxygens (including phenoxy) is 1. The summed E-state index contributed by atoms with van der Waals surface area (Å²) >= 11 is 5.94. The molecule has 0 saturated carbocycles. The van der Waals surface area contributed by atoms with E-state index in [1.54, 1.807) is 25.1 Å². The van der Waals surface area contributed by atoms with Crippen molar-refractivity contribution in [1.82, 2.24) is 5.32 Å². The molecule has 0 aliphatic carbocycles. The summed E-state index contributed by atoms with van der Waals surface area (Å²) in [5.74, 6) is -0.122. The minimum atomic E-state index is -0.620. The van der Waals surface area contributed by atoms with Gasteiger partial charge in [0.2, 0.25) is 0 Å². The molecule has 0 heterocycles. The zero-order valence-corrected chi connectivity index (χ0v) is 10.5. The summed E-state index contributed by atoms with van der Waals surface area (Å²) in [6, 6.07) is 6.52. The third-order valence-corrected chi connectivity index (χ3v) is 2.69. The van der Waals surface area contributed by atoms with Crippen molar-refractivity contribution >= 4 is 23.5 Å². The Labute approximate surface area is 105 Å². The molecule has 1 aromatic rings. The van der Waals surface area contributed by atoms with Gasteiger partial charge in [-0.05, 0) is 18.6 Å². The Morgan fingerprint density at radius 2 is 2.06 bits per heavy atom. The summed E-state index contributed by atoms with van der Waals surface area (Å²) in [5.41, 5.74) is 0.748. The van der Waals surface area contributed by atoms with E-state index in [9.17, 15) is 9.59 Å². The Morgan fingerprint density at radius 1 is 1.41 bits per heavy atom. The van der Waals surface area contributed by atoms with E-state index in [2.05, 4.69) is 10.1 Å². The first-order valence-electron chi connectivity index (χ1n) is 5.15. The number of hydrogen-bond donors (Lipinski definition) is 1. The Hall–Kier alpha value is -1.55. The van der Waals surface area contributed by atoms with Crippen LogP contribution in [-0.4, -0.2) is 25.0 Å². The highest BCUT2D eigenvalue weighted by Crippen LogP contribution is 2.16. The van der Waals surface area contributed by atoms with Crippen molar-refractivity contribution in [1.29, 1.82) is 0 Å². The van der Waals surface area contributed by atoms with Gasteiger partial charge in [-0.1, -0.05) is 29.8 Å². The topological polar surface area (TPSA) is 55.4 Å². The van der Waals surface area contributed by atoms with Crippen molar-refractivity contribution in [3.8, 4) is 0 Å². The Morgan fingerprint density at radius 3 is 2.65 bits per heavy atom. The maximum absolute atomic E-state index is 11.8. The van der Waals surface area contributed by atoms with Gasteiger partial charge in [0.25, 0.3) is 0 Å². The smallest absolute Gasteiger partial charge is 0.407 e. The standard InChI is InChI=1S/C12H14ClNO3/c1-8(14-12(16)17-2)11(15)7-9-5-3-4-6-10(9)13/h3-6,8H,7H2,1-2H3,(H,14,16). The number of rotatable bonds is 4. The van der Waals surface area contributed by atoms with Gasteiger partial charge in [0, 0.05) is 11.4 Å². The molecule has 0 bridgehead atoms. The minimum absolute atomic E-state index is 0.122. The van der Waals surface area contributed by atoms with Crippen LogP contribution in [-0.2, 0) is 16.0 Å². The summed E-state index contributed by atoms with van der Waals surface area (Å²) in [7, 11) is 1.25. The van der Waals surface area contributed by atoms with Crippen LogP contribution < -0.4 is 5.32 Å². The number of carbonyl (C=O) groups is 2. The molecule has 0 fully saturated rings. The van der Waals surface area contributed by atoms with Crippen LogP contribution in [0, 0.1) is 0 Å². The first kappa shape index (κ1) is 13.5. The first-order valence-corrected chi connectivity index (χ1v) is 5.53. The molecule has 1 amide bonds. The van der Waals surface area contributed by atoms with Gasteiger partial charge in [-0.3, -0.25) is 4.79 Å². The van der Waals surface area contributed by atoms with Gasteiger partial charge >= 0.3 is 6.09 Å². The maximum atomic E-state index is 11.8. The molecule has 1 rings (SSSR count). The van der Waals surface area contributed by atoms with Crippen LogP contribution in [0.15, 0.2) is 24.3 Å². The maximum Gasteiger partial charge on any atom is 0.407 e. The molecule has 0 saturated heterocycles. The highest BCUT2D eigenvalue weighted by Gasteiger charge is 2.16. The molecular weight excluding hydrogens is 242 g/mol. The van der Waals surface area contributed by atoms with Crippen LogP contribution in [0.1, 0.15) is 12.5 Å². The predicted octanol–water partition coefficient (Wildman–Crippen LogP) is 2.20. The van der Waals surface area contributed by atoms with E-state index in [-0.39, 0.29) is 12.2 Å². The van der Waals surface area contributed by atoms with Crippen LogP contribution in [0.2, 0.25) is 5.02 Å². The monoisotopic (exact) mass is 255 g/mol. The van der Waals surface area contributed by atoms with Crippen molar-refractivity contribution in [2.24, 2.45) is 0 Å². The average molecular weight is 256 g/mol. The van der Waals surface area contributed by atoms with Crippen LogP contribution in [0.5, 0.6) is 0 Å². The van der Waals surface area contributed by atoms with E-state index >= 15 is 0 Å². The summed E-state index contributed by atoms with van der Waals surface area (Å²) in [6.45, 7) is 1.61. The van der Waals surface area contributed by atoms with Gasteiger partial charge in [0.15, 0.2) is 5.78 Å². The molecule has 17 heavy (non-hydrogen) atoms. The number of carbonyl (C=O) groups excluding carboxylic acids is 2. The number of alkyl carbamates (subject to hydrolysis) is 1. The molecule has 5 heteroatoms. The van der Waals surface area contributed by atoms with Gasteiger partial charge < -0.3 is 10.1 Å². The molecule has 1 unspecified atom stereocenters. The number of halogens is 1. The van der Waals surface area contributed by atoms with Crippen LogP contribution in [0.4, 0.5) is 4.79 Å². The number of hydrogen-bond acceptors (Lipinski definition) is 3. The molecule has 0 aliphatic rings. The molecule has 1 N–H and O–H groups in total. The van der Waals surface area contributed by atoms with E-state index in [1.165, 1.54) is 7.11 Å². The largest absolute Gasteiger partial charge is 0.453 e. The van der Waals surface area contributed by atoms with Crippen LogP contribution >= 0.6 is 11.6 Å². The van der Waals surface area contributed by atoms with Gasteiger partial charge in [0.1, 0.15) is 0 Å². The fourth-order valence-electron chi connectivity index (χ4n) is 1.30. The van der Waals surface area contributed by atoms with Gasteiger partial charge in [-0.2, -0.15) is 0 Å². The number of nitrogens with one attached hydrogen (secondary N) is 1. The van der Waals surface area contributed by atoms with Gasteiger partial charge in [0.05, 0.1) is 13.2 Å². The van der Waals surface area contributed by atoms with Crippen LogP contribution in [0.3, 0.4) is 0 Å². The van der Waals surface area contributed by atoms with Crippen molar-refractivity contribution < 1.29 is 14.3 Å². The summed E-state index contributed by atoms with van der Waals surface area (Å²) in [4.78, 5) is 22.7. The summed E-state index contributed by atoms with van der Waals surface area (Å²) in [6.07, 6.45) is -0.435. The molecule has 1 atom stereocenters. The highest BCUT2D eigenvalue weighted by molar-refractivity contribution is 6.31. The average Bonchev–Trinajstić information content (AvgIpc) is 2.31. The second-order valence-electron chi connectivity index (χ2n) is 3.59.